The number of nitrogens with two attached hydrogens (primary N) is 1. The van der Waals surface area contributed by atoms with E-state index in [0.29, 0.717) is 40.2 Å². The zero-order valence-corrected chi connectivity index (χ0v) is 22.8. The van der Waals surface area contributed by atoms with Gasteiger partial charge in [0.1, 0.15) is 5.82 Å². The number of benzene rings is 2. The molecule has 2 aromatic carbocycles. The van der Waals surface area contributed by atoms with E-state index in [-0.39, 0.29) is 12.0 Å². The number of rotatable bonds is 9. The van der Waals surface area contributed by atoms with Crippen LogP contribution in [0.15, 0.2) is 53.4 Å². The van der Waals surface area contributed by atoms with Crippen molar-refractivity contribution in [3.05, 3.63) is 58.6 Å². The minimum absolute atomic E-state index is 0.143. The Morgan fingerprint density at radius 1 is 1.05 bits per heavy atom. The third-order valence-electron chi connectivity index (χ3n) is 4.76. The number of urea groups is 1. The lowest BCUT2D eigenvalue weighted by Gasteiger charge is -2.11. The number of hydrogen-bond acceptors (Lipinski definition) is 7. The van der Waals surface area contributed by atoms with Crippen molar-refractivity contribution >= 4 is 64.4 Å². The maximum atomic E-state index is 12.0. The third kappa shape index (κ3) is 11.1. The Kier molecular flexibility index (Phi) is 12.4. The lowest BCUT2D eigenvalue weighted by atomic mass is 10.1. The molecule has 3 rings (SSSR count). The lowest BCUT2D eigenvalue weighted by molar-refractivity contribution is -0.192. The predicted molar refractivity (Wildman–Crippen MR) is 149 cm³/mol. The van der Waals surface area contributed by atoms with Gasteiger partial charge in [-0.25, -0.2) is 14.6 Å². The summed E-state index contributed by atoms with van der Waals surface area (Å²) in [6.45, 7) is 1.23. The highest BCUT2D eigenvalue weighted by Gasteiger charge is 2.38. The molecule has 1 heterocycles. The number of anilines is 3. The van der Waals surface area contributed by atoms with Crippen molar-refractivity contribution in [2.24, 2.45) is 0 Å². The van der Waals surface area contributed by atoms with Crippen LogP contribution >= 0.6 is 35.0 Å². The molecule has 9 nitrogen and oxygen atoms in total. The monoisotopic (exact) mass is 604 g/mol. The fourth-order valence-corrected chi connectivity index (χ4v) is 3.72. The Bertz CT molecular complexity index is 1270. The number of hydrogen-bond donors (Lipinski definition) is 5. The average Bonchev–Trinajstić information content (AvgIpc) is 2.87. The Labute approximate surface area is 236 Å². The summed E-state index contributed by atoms with van der Waals surface area (Å²) in [5.74, 6) is -2.01. The number of halogens is 5. The molecular formula is C24H25Cl2F3N6O3S. The summed E-state index contributed by atoms with van der Waals surface area (Å²) in [5, 5.41) is 16.9. The molecule has 0 atom stereocenters. The molecule has 1 aromatic heterocycles. The first kappa shape index (κ1) is 31.8. The van der Waals surface area contributed by atoms with Gasteiger partial charge >= 0.3 is 18.2 Å². The number of thioether (sulfide) groups is 1. The van der Waals surface area contributed by atoms with E-state index < -0.39 is 12.1 Å². The minimum Gasteiger partial charge on any atom is -0.475 e. The zero-order valence-electron chi connectivity index (χ0n) is 20.5. The Morgan fingerprint density at radius 3 is 2.31 bits per heavy atom. The van der Waals surface area contributed by atoms with Crippen LogP contribution in [0.4, 0.5) is 35.4 Å². The molecule has 0 spiro atoms. The number of nitrogens with zero attached hydrogens (tertiary/aromatic N) is 2. The summed E-state index contributed by atoms with van der Waals surface area (Å²) in [7, 11) is 0. The average molecular weight is 605 g/mol. The summed E-state index contributed by atoms with van der Waals surface area (Å²) in [6, 6.07) is 14.6. The highest BCUT2D eigenvalue weighted by Crippen LogP contribution is 2.33. The number of carbonyl (C=O) groups is 2. The molecule has 0 saturated carbocycles. The van der Waals surface area contributed by atoms with Gasteiger partial charge in [-0.15, -0.1) is 11.8 Å². The van der Waals surface area contributed by atoms with E-state index in [2.05, 4.69) is 25.9 Å². The van der Waals surface area contributed by atoms with Gasteiger partial charge < -0.3 is 26.8 Å². The summed E-state index contributed by atoms with van der Waals surface area (Å²) in [4.78, 5) is 30.5. The van der Waals surface area contributed by atoms with Crippen molar-refractivity contribution in [3.63, 3.8) is 0 Å². The predicted octanol–water partition coefficient (Wildman–Crippen LogP) is 6.40. The van der Waals surface area contributed by atoms with Crippen molar-refractivity contribution in [1.29, 1.82) is 0 Å². The molecule has 0 radical (unpaired) electrons. The molecule has 2 amide bonds. The SMILES string of the molecule is CSc1ccc(NC(=O)NCCCCNc2cc(-c3cccc(Cl)c3Cl)nc(N)n2)cc1.O=C(O)C(F)(F)F. The lowest BCUT2D eigenvalue weighted by Crippen LogP contribution is -2.29. The summed E-state index contributed by atoms with van der Waals surface area (Å²) >= 11 is 14.0. The number of amides is 2. The first-order valence-corrected chi connectivity index (χ1v) is 13.2. The minimum atomic E-state index is -5.08. The van der Waals surface area contributed by atoms with E-state index in [1.807, 2.05) is 36.6 Å². The van der Waals surface area contributed by atoms with Crippen molar-refractivity contribution in [2.45, 2.75) is 23.9 Å². The molecule has 6 N–H and O–H groups in total. The number of aliphatic carboxylic acids is 1. The fraction of sp³-hybridized carbons (Fsp3) is 0.250. The molecule has 3 aromatic rings. The maximum absolute atomic E-state index is 12.0. The second-order valence-electron chi connectivity index (χ2n) is 7.64. The van der Waals surface area contributed by atoms with Gasteiger partial charge in [-0.3, -0.25) is 0 Å². The molecule has 0 aliphatic rings. The van der Waals surface area contributed by atoms with Crippen molar-refractivity contribution in [1.82, 2.24) is 15.3 Å². The summed E-state index contributed by atoms with van der Waals surface area (Å²) in [6.07, 6.45) is -1.43. The van der Waals surface area contributed by atoms with Crippen LogP contribution < -0.4 is 21.7 Å². The standard InChI is InChI=1S/C22H24Cl2N6OS.C2HF3O2/c1-32-15-9-7-14(8-10-15)28-22(31)27-12-3-2-11-26-19-13-18(29-21(25)30-19)16-5-4-6-17(23)20(16)24;3-2(4,5)1(6)7/h4-10,13H,2-3,11-12H2,1H3,(H2,27,28,31)(H3,25,26,29,30);(H,6,7). The van der Waals surface area contributed by atoms with Gasteiger partial charge in [-0.1, -0.05) is 35.3 Å². The number of nitrogens with one attached hydrogen (secondary N) is 3. The largest absolute Gasteiger partial charge is 0.490 e. The summed E-state index contributed by atoms with van der Waals surface area (Å²) < 4.78 is 31.7. The maximum Gasteiger partial charge on any atom is 0.490 e. The van der Waals surface area contributed by atoms with Gasteiger partial charge in [-0.2, -0.15) is 18.2 Å². The Balaban J connectivity index is 0.000000673. The first-order valence-electron chi connectivity index (χ1n) is 11.2. The summed E-state index contributed by atoms with van der Waals surface area (Å²) in [5.41, 5.74) is 7.90. The topological polar surface area (TPSA) is 142 Å². The van der Waals surface area contributed by atoms with Crippen molar-refractivity contribution < 1.29 is 27.9 Å². The fourth-order valence-electron chi connectivity index (χ4n) is 2.91. The molecule has 0 aliphatic heterocycles. The number of carbonyl (C=O) groups excluding carboxylic acids is 1. The van der Waals surface area contributed by atoms with Crippen LogP contribution in [-0.4, -0.2) is 52.6 Å². The Morgan fingerprint density at radius 2 is 1.69 bits per heavy atom. The third-order valence-corrected chi connectivity index (χ3v) is 6.32. The number of unbranched alkanes of at least 4 members (excludes halogenated alkanes) is 1. The van der Waals surface area contributed by atoms with Gasteiger partial charge in [0.05, 0.1) is 15.7 Å². The molecule has 0 saturated heterocycles. The van der Waals surface area contributed by atoms with E-state index in [1.165, 1.54) is 0 Å². The second-order valence-corrected chi connectivity index (χ2v) is 9.31. The molecule has 0 aliphatic carbocycles. The molecule has 15 heteroatoms. The van der Waals surface area contributed by atoms with E-state index in [4.69, 9.17) is 38.8 Å². The molecule has 39 heavy (non-hydrogen) atoms. The number of alkyl halides is 3. The molecule has 0 bridgehead atoms. The normalized spacial score (nSPS) is 10.7. The van der Waals surface area contributed by atoms with Crippen LogP contribution in [0.2, 0.25) is 10.0 Å². The van der Waals surface area contributed by atoms with Crippen LogP contribution in [-0.2, 0) is 4.79 Å². The van der Waals surface area contributed by atoms with Crippen molar-refractivity contribution in [3.8, 4) is 11.3 Å². The smallest absolute Gasteiger partial charge is 0.475 e. The van der Waals surface area contributed by atoms with Crippen LogP contribution in [0.25, 0.3) is 11.3 Å². The van der Waals surface area contributed by atoms with E-state index in [0.717, 1.165) is 23.4 Å². The quantitative estimate of drug-likeness (QED) is 0.139. The highest BCUT2D eigenvalue weighted by atomic mass is 35.5. The molecule has 0 unspecified atom stereocenters. The number of nitrogen functional groups attached to an aromatic ring is 1. The van der Waals surface area contributed by atoms with Gasteiger partial charge in [0.25, 0.3) is 0 Å². The van der Waals surface area contributed by atoms with Crippen LogP contribution in [0.5, 0.6) is 0 Å². The molecular weight excluding hydrogens is 580 g/mol. The molecule has 0 fully saturated rings. The highest BCUT2D eigenvalue weighted by molar-refractivity contribution is 7.98. The number of carboxylic acids is 1. The van der Waals surface area contributed by atoms with E-state index >= 15 is 0 Å². The van der Waals surface area contributed by atoms with Crippen LogP contribution in [0.1, 0.15) is 12.8 Å². The second kappa shape index (κ2) is 15.2. The number of aromatic nitrogens is 2. The van der Waals surface area contributed by atoms with Crippen molar-refractivity contribution in [2.75, 3.05) is 35.7 Å². The number of carboxylic acid groups (broad SMARTS) is 1. The molecule has 210 valence electrons. The van der Waals surface area contributed by atoms with Gasteiger partial charge in [0, 0.05) is 35.3 Å². The zero-order chi connectivity index (χ0) is 29.0. The van der Waals surface area contributed by atoms with Crippen LogP contribution in [0.3, 0.4) is 0 Å². The van der Waals surface area contributed by atoms with E-state index in [1.54, 1.807) is 30.0 Å². The van der Waals surface area contributed by atoms with Crippen LogP contribution in [0, 0.1) is 0 Å². The van der Waals surface area contributed by atoms with E-state index in [9.17, 15) is 18.0 Å². The first-order chi connectivity index (χ1) is 18.4. The van der Waals surface area contributed by atoms with Gasteiger partial charge in [0.15, 0.2) is 0 Å². The van der Waals surface area contributed by atoms with Gasteiger partial charge in [-0.05, 0) is 49.4 Å². The van der Waals surface area contributed by atoms with Gasteiger partial charge in [0.2, 0.25) is 5.95 Å². The Hall–Kier alpha value is -3.42.